The SMILES string of the molecule is CC1=[C-]C2SC=C(Br)C2=C1.CC1=[C-]C2SC=C(Br)C2=C1.C[Si](O)(O)c1ccc(Br)cc1.[Cl][Zr+2][Cl]. The number of hydrogen-bond acceptors (Lipinski definition) is 4. The van der Waals surface area contributed by atoms with Crippen LogP contribution in [-0.4, -0.2) is 28.7 Å². The Bertz CT molecular complexity index is 1010. The van der Waals surface area contributed by atoms with Gasteiger partial charge in [-0.3, -0.25) is 12.2 Å². The Morgan fingerprint density at radius 3 is 1.56 bits per heavy atom. The van der Waals surface area contributed by atoms with Crippen molar-refractivity contribution in [3.8, 4) is 0 Å². The third-order valence-corrected chi connectivity index (χ3v) is 10.6. The molecule has 1 aromatic rings. The van der Waals surface area contributed by atoms with Crippen LogP contribution in [0, 0.1) is 12.2 Å². The molecule has 0 amide bonds. The number of hydrogen-bond donors (Lipinski definition) is 2. The first-order chi connectivity index (χ1) is 16.0. The van der Waals surface area contributed by atoms with Crippen LogP contribution in [-0.2, 0) is 20.8 Å². The summed E-state index contributed by atoms with van der Waals surface area (Å²) in [5.74, 6) is 0. The molecule has 2 atom stereocenters. The molecular weight excluding hydrogens is 802 g/mol. The number of allylic oxidation sites excluding steroid dienone is 6. The molecule has 180 valence electrons. The molecule has 5 rings (SSSR count). The summed E-state index contributed by atoms with van der Waals surface area (Å²) in [6, 6.07) is 7.03. The van der Waals surface area contributed by atoms with E-state index in [0.717, 1.165) is 4.47 Å². The van der Waals surface area contributed by atoms with Gasteiger partial charge in [-0.15, -0.1) is 34.7 Å². The van der Waals surface area contributed by atoms with Crippen molar-refractivity contribution < 1.29 is 30.4 Å². The molecule has 2 heterocycles. The Balaban J connectivity index is 0.000000170. The van der Waals surface area contributed by atoms with E-state index in [1.807, 2.05) is 23.5 Å². The quantitative estimate of drug-likeness (QED) is 0.222. The van der Waals surface area contributed by atoms with Crippen LogP contribution in [0.5, 0.6) is 0 Å². The molecule has 2 unspecified atom stereocenters. The average Bonchev–Trinajstić information content (AvgIpc) is 3.49. The summed E-state index contributed by atoms with van der Waals surface area (Å²) < 4.78 is 3.40. The maximum atomic E-state index is 9.26. The Kier molecular flexibility index (Phi) is 14.0. The molecule has 2 aliphatic carbocycles. The van der Waals surface area contributed by atoms with E-state index >= 15 is 0 Å². The van der Waals surface area contributed by atoms with E-state index in [4.69, 9.17) is 17.0 Å². The minimum atomic E-state index is -3.08. The molecular formula is C23H21Br3Cl2O2S2SiZr. The van der Waals surface area contributed by atoms with Gasteiger partial charge in [0.15, 0.2) is 0 Å². The van der Waals surface area contributed by atoms with Crippen LogP contribution in [0.2, 0.25) is 6.55 Å². The van der Waals surface area contributed by atoms with Crippen LogP contribution in [0.3, 0.4) is 0 Å². The van der Waals surface area contributed by atoms with E-state index in [1.165, 1.54) is 37.8 Å². The second-order valence-corrected chi connectivity index (χ2v) is 18.4. The predicted octanol–water partition coefficient (Wildman–Crippen LogP) is 8.14. The van der Waals surface area contributed by atoms with Crippen LogP contribution >= 0.6 is 88.3 Å². The number of halogens is 5. The summed E-state index contributed by atoms with van der Waals surface area (Å²) in [4.78, 5) is 18.5. The van der Waals surface area contributed by atoms with Gasteiger partial charge in [0, 0.05) is 13.4 Å². The van der Waals surface area contributed by atoms with Crippen molar-refractivity contribution in [2.24, 2.45) is 0 Å². The van der Waals surface area contributed by atoms with Crippen molar-refractivity contribution in [2.45, 2.75) is 30.9 Å². The summed E-state index contributed by atoms with van der Waals surface area (Å²) in [5, 5.41) is 5.86. The van der Waals surface area contributed by atoms with Gasteiger partial charge in [0.25, 0.3) is 0 Å². The molecule has 4 aliphatic rings. The first-order valence-electron chi connectivity index (χ1n) is 9.79. The van der Waals surface area contributed by atoms with E-state index in [1.54, 1.807) is 24.3 Å². The average molecular weight is 823 g/mol. The number of benzene rings is 1. The van der Waals surface area contributed by atoms with Crippen LogP contribution < -0.4 is 5.19 Å². The molecule has 0 bridgehead atoms. The van der Waals surface area contributed by atoms with Crippen LogP contribution in [0.25, 0.3) is 0 Å². The Hall–Kier alpha value is 1.40. The van der Waals surface area contributed by atoms with E-state index in [9.17, 15) is 9.59 Å². The minimum absolute atomic E-state index is 0.481. The third kappa shape index (κ3) is 9.94. The van der Waals surface area contributed by atoms with E-state index in [2.05, 4.69) is 96.8 Å². The van der Waals surface area contributed by atoms with Gasteiger partial charge in [-0.05, 0) is 45.2 Å². The molecule has 0 radical (unpaired) electrons. The van der Waals surface area contributed by atoms with Crippen molar-refractivity contribution in [1.82, 2.24) is 0 Å². The number of rotatable bonds is 1. The fourth-order valence-electron chi connectivity index (χ4n) is 3.03. The maximum absolute atomic E-state index is 9.26. The summed E-state index contributed by atoms with van der Waals surface area (Å²) in [6.07, 6.45) is 11.1. The topological polar surface area (TPSA) is 40.5 Å². The van der Waals surface area contributed by atoms with Crippen molar-refractivity contribution >= 4 is 102 Å². The third-order valence-electron chi connectivity index (χ3n) is 4.58. The van der Waals surface area contributed by atoms with Crippen molar-refractivity contribution in [2.75, 3.05) is 0 Å². The normalized spacial score (nSPS) is 21.4. The van der Waals surface area contributed by atoms with Gasteiger partial charge in [-0.1, -0.05) is 73.8 Å². The molecule has 0 saturated heterocycles. The molecule has 1 aromatic carbocycles. The second-order valence-electron chi connectivity index (χ2n) is 7.42. The monoisotopic (exact) mass is 818 g/mol. The van der Waals surface area contributed by atoms with Crippen LogP contribution in [0.4, 0.5) is 0 Å². The van der Waals surface area contributed by atoms with Gasteiger partial charge >= 0.3 is 46.4 Å². The molecule has 2 nitrogen and oxygen atoms in total. The summed E-state index contributed by atoms with van der Waals surface area (Å²) in [6.45, 7) is 5.65. The Morgan fingerprint density at radius 2 is 1.24 bits per heavy atom. The van der Waals surface area contributed by atoms with E-state index in [-0.39, 0.29) is 0 Å². The fraction of sp³-hybridized carbons (Fsp3) is 0.217. The molecule has 0 fully saturated rings. The Labute approximate surface area is 255 Å². The van der Waals surface area contributed by atoms with Crippen LogP contribution in [0.15, 0.2) is 83.0 Å². The van der Waals surface area contributed by atoms with Gasteiger partial charge in [0.05, 0.1) is 0 Å². The summed E-state index contributed by atoms with van der Waals surface area (Å²) >= 11 is 13.1. The Morgan fingerprint density at radius 1 is 0.853 bits per heavy atom. The van der Waals surface area contributed by atoms with E-state index in [0.29, 0.717) is 15.7 Å². The van der Waals surface area contributed by atoms with Gasteiger partial charge in [0.1, 0.15) is 0 Å². The standard InChI is InChI=1S/2C8H6BrS.C7H9BrO2Si.2ClH.Zr/c2*1-5-2-6-7(9)4-10-8(6)3-5;1-11(9,10)7-4-2-6(8)3-5-7;;;/h2*2,4,8H,1H3;2-5,9-10H,1H3;2*1H;/q2*-1;;;;+4/p-2. The molecule has 2 aliphatic heterocycles. The summed E-state index contributed by atoms with van der Waals surface area (Å²) in [7, 11) is 6.79. The molecule has 0 aromatic heterocycles. The van der Waals surface area contributed by atoms with Crippen molar-refractivity contribution in [1.29, 1.82) is 0 Å². The van der Waals surface area contributed by atoms with Crippen molar-refractivity contribution in [3.63, 3.8) is 0 Å². The molecule has 0 saturated carbocycles. The molecule has 2 N–H and O–H groups in total. The number of thioether (sulfide) groups is 2. The fourth-order valence-corrected chi connectivity index (χ4v) is 7.70. The predicted molar refractivity (Wildman–Crippen MR) is 159 cm³/mol. The van der Waals surface area contributed by atoms with Gasteiger partial charge in [-0.25, -0.2) is 23.3 Å². The van der Waals surface area contributed by atoms with Gasteiger partial charge in [0.2, 0.25) is 0 Å². The van der Waals surface area contributed by atoms with Gasteiger partial charge < -0.3 is 9.59 Å². The molecule has 11 heteroatoms. The summed E-state index contributed by atoms with van der Waals surface area (Å²) in [5.41, 5.74) is 5.28. The van der Waals surface area contributed by atoms with E-state index < -0.39 is 29.4 Å². The molecule has 0 spiro atoms. The zero-order chi connectivity index (χ0) is 25.5. The van der Waals surface area contributed by atoms with Crippen LogP contribution in [0.1, 0.15) is 13.8 Å². The van der Waals surface area contributed by atoms with Gasteiger partial charge in [-0.2, -0.15) is 0 Å². The zero-order valence-corrected chi connectivity index (χ0v) is 29.7. The first-order valence-corrected chi connectivity index (χ1v) is 22.8. The second kappa shape index (κ2) is 15.1. The number of fused-ring (bicyclic) bond motifs is 2. The van der Waals surface area contributed by atoms with Crippen molar-refractivity contribution in [3.05, 3.63) is 95.1 Å². The zero-order valence-electron chi connectivity index (χ0n) is 18.4. The molecule has 34 heavy (non-hydrogen) atoms. The first kappa shape index (κ1) is 31.6.